The summed E-state index contributed by atoms with van der Waals surface area (Å²) in [5, 5.41) is 2.88. The molecule has 0 aromatic heterocycles. The minimum absolute atomic E-state index is 0.117. The van der Waals surface area contributed by atoms with Gasteiger partial charge in [-0.2, -0.15) is 0 Å². The number of nitrogens with one attached hydrogen (secondary N) is 1. The molecule has 0 spiro atoms. The molecule has 0 fully saturated rings. The van der Waals surface area contributed by atoms with Crippen molar-refractivity contribution in [2.24, 2.45) is 0 Å². The minimum Gasteiger partial charge on any atom is -0.494 e. The maximum Gasteiger partial charge on any atom is 0.251 e. The van der Waals surface area contributed by atoms with Crippen molar-refractivity contribution in [3.8, 4) is 5.75 Å². The van der Waals surface area contributed by atoms with E-state index in [1.165, 1.54) is 0 Å². The molecule has 0 aliphatic heterocycles. The van der Waals surface area contributed by atoms with Gasteiger partial charge < -0.3 is 15.8 Å². The first-order valence-electron chi connectivity index (χ1n) is 7.04. The van der Waals surface area contributed by atoms with Gasteiger partial charge in [-0.25, -0.2) is 0 Å². The number of hydrogen-bond acceptors (Lipinski definition) is 3. The van der Waals surface area contributed by atoms with Crippen LogP contribution in [0.25, 0.3) is 0 Å². The molecular weight excluding hydrogens is 264 g/mol. The number of carbonyl (C=O) groups excluding carboxylic acids is 1. The van der Waals surface area contributed by atoms with Gasteiger partial charge in [0.05, 0.1) is 6.61 Å². The summed E-state index contributed by atoms with van der Waals surface area (Å²) in [6, 6.07) is 14.6. The van der Waals surface area contributed by atoms with E-state index in [1.54, 1.807) is 12.1 Å². The number of anilines is 1. The van der Waals surface area contributed by atoms with Gasteiger partial charge in [0.15, 0.2) is 0 Å². The minimum atomic E-state index is -0.117. The second-order valence-electron chi connectivity index (χ2n) is 4.80. The highest BCUT2D eigenvalue weighted by Gasteiger charge is 2.06. The number of hydrogen-bond donors (Lipinski definition) is 2. The first kappa shape index (κ1) is 14.9. The third kappa shape index (κ3) is 4.53. The number of ether oxygens (including phenoxy) is 1. The first-order chi connectivity index (χ1) is 10.2. The van der Waals surface area contributed by atoms with Gasteiger partial charge in [-0.1, -0.05) is 25.1 Å². The van der Waals surface area contributed by atoms with Crippen LogP contribution in [0, 0.1) is 0 Å². The van der Waals surface area contributed by atoms with E-state index in [0.717, 1.165) is 17.7 Å². The topological polar surface area (TPSA) is 64.3 Å². The van der Waals surface area contributed by atoms with Crippen LogP contribution in [0.5, 0.6) is 5.75 Å². The summed E-state index contributed by atoms with van der Waals surface area (Å²) in [6.07, 6.45) is 0.938. The van der Waals surface area contributed by atoms with Crippen molar-refractivity contribution < 1.29 is 9.53 Å². The van der Waals surface area contributed by atoms with Crippen LogP contribution in [0.2, 0.25) is 0 Å². The van der Waals surface area contributed by atoms with Gasteiger partial charge in [-0.3, -0.25) is 4.79 Å². The predicted octanol–water partition coefficient (Wildman–Crippen LogP) is 2.99. The van der Waals surface area contributed by atoms with Gasteiger partial charge in [0.2, 0.25) is 0 Å². The average molecular weight is 284 g/mol. The molecule has 4 heteroatoms. The lowest BCUT2D eigenvalue weighted by atomic mass is 10.1. The molecule has 21 heavy (non-hydrogen) atoms. The number of rotatable bonds is 6. The molecule has 0 radical (unpaired) electrons. The summed E-state index contributed by atoms with van der Waals surface area (Å²) in [6.45, 7) is 3.17. The molecule has 1 amide bonds. The van der Waals surface area contributed by atoms with Gasteiger partial charge in [-0.15, -0.1) is 0 Å². The monoisotopic (exact) mass is 284 g/mol. The zero-order chi connectivity index (χ0) is 15.1. The van der Waals surface area contributed by atoms with E-state index in [1.807, 2.05) is 43.3 Å². The third-order valence-electron chi connectivity index (χ3n) is 3.00. The van der Waals surface area contributed by atoms with E-state index in [-0.39, 0.29) is 5.91 Å². The number of carbonyl (C=O) groups is 1. The molecule has 0 saturated carbocycles. The Morgan fingerprint density at radius 2 is 1.95 bits per heavy atom. The van der Waals surface area contributed by atoms with Crippen molar-refractivity contribution in [3.63, 3.8) is 0 Å². The largest absolute Gasteiger partial charge is 0.494 e. The number of nitrogen functional groups attached to an aromatic ring is 1. The number of nitrogens with two attached hydrogens (primary N) is 1. The van der Waals surface area contributed by atoms with Gasteiger partial charge >= 0.3 is 0 Å². The maximum absolute atomic E-state index is 12.1. The second-order valence-corrected chi connectivity index (χ2v) is 4.80. The maximum atomic E-state index is 12.1. The van der Waals surface area contributed by atoms with Crippen molar-refractivity contribution >= 4 is 11.6 Å². The lowest BCUT2D eigenvalue weighted by Gasteiger charge is -2.08. The Kier molecular flexibility index (Phi) is 5.21. The van der Waals surface area contributed by atoms with Crippen LogP contribution in [0.3, 0.4) is 0 Å². The fraction of sp³-hybridized carbons (Fsp3) is 0.235. The van der Waals surface area contributed by atoms with Crippen LogP contribution in [-0.4, -0.2) is 12.5 Å². The Bertz CT molecular complexity index is 594. The average Bonchev–Trinajstić information content (AvgIpc) is 2.52. The molecule has 0 heterocycles. The van der Waals surface area contributed by atoms with Gasteiger partial charge in [-0.05, 0) is 42.3 Å². The molecular formula is C17H20N2O2. The summed E-state index contributed by atoms with van der Waals surface area (Å²) in [5.74, 6) is 0.603. The highest BCUT2D eigenvalue weighted by molar-refractivity contribution is 5.94. The normalized spacial score (nSPS) is 10.1. The fourth-order valence-electron chi connectivity index (χ4n) is 1.87. The van der Waals surface area contributed by atoms with E-state index in [9.17, 15) is 4.79 Å². The van der Waals surface area contributed by atoms with Crippen LogP contribution < -0.4 is 15.8 Å². The Labute approximate surface area is 124 Å². The SMILES string of the molecule is CCCOc1cccc(C(=O)NCc2ccc(N)cc2)c1. The lowest BCUT2D eigenvalue weighted by molar-refractivity contribution is 0.0950. The van der Waals surface area contributed by atoms with E-state index in [4.69, 9.17) is 10.5 Å². The number of amides is 1. The molecule has 4 nitrogen and oxygen atoms in total. The fourth-order valence-corrected chi connectivity index (χ4v) is 1.87. The summed E-state index contributed by atoms with van der Waals surface area (Å²) in [4.78, 5) is 12.1. The highest BCUT2D eigenvalue weighted by Crippen LogP contribution is 2.14. The van der Waals surface area contributed by atoms with Crippen molar-refractivity contribution in [1.29, 1.82) is 0 Å². The van der Waals surface area contributed by atoms with Crippen LogP contribution in [0.4, 0.5) is 5.69 Å². The number of benzene rings is 2. The Morgan fingerprint density at radius 1 is 1.19 bits per heavy atom. The molecule has 3 N–H and O–H groups in total. The summed E-state index contributed by atoms with van der Waals surface area (Å²) in [5.41, 5.74) is 7.95. The standard InChI is InChI=1S/C17H20N2O2/c1-2-10-21-16-5-3-4-14(11-16)17(20)19-12-13-6-8-15(18)9-7-13/h3-9,11H,2,10,12,18H2,1H3,(H,19,20). The van der Waals surface area contributed by atoms with E-state index < -0.39 is 0 Å². The van der Waals surface area contributed by atoms with E-state index in [2.05, 4.69) is 5.32 Å². The molecule has 0 aliphatic rings. The predicted molar refractivity (Wildman–Crippen MR) is 84.3 cm³/mol. The van der Waals surface area contributed by atoms with Gasteiger partial charge in [0.1, 0.15) is 5.75 Å². The molecule has 110 valence electrons. The second kappa shape index (κ2) is 7.33. The molecule has 0 aliphatic carbocycles. The molecule has 2 aromatic carbocycles. The van der Waals surface area contributed by atoms with Crippen molar-refractivity contribution in [2.75, 3.05) is 12.3 Å². The summed E-state index contributed by atoms with van der Waals surface area (Å²) in [7, 11) is 0. The smallest absolute Gasteiger partial charge is 0.251 e. The summed E-state index contributed by atoms with van der Waals surface area (Å²) < 4.78 is 5.53. The van der Waals surface area contributed by atoms with Crippen molar-refractivity contribution in [3.05, 3.63) is 59.7 Å². The van der Waals surface area contributed by atoms with Gasteiger partial charge in [0, 0.05) is 17.8 Å². The first-order valence-corrected chi connectivity index (χ1v) is 7.04. The molecule has 2 rings (SSSR count). The molecule has 2 aromatic rings. The molecule has 0 saturated heterocycles. The van der Waals surface area contributed by atoms with Crippen molar-refractivity contribution in [1.82, 2.24) is 5.32 Å². The third-order valence-corrected chi connectivity index (χ3v) is 3.00. The van der Waals surface area contributed by atoms with Crippen molar-refractivity contribution in [2.45, 2.75) is 19.9 Å². The Balaban J connectivity index is 1.95. The van der Waals surface area contributed by atoms with E-state index in [0.29, 0.717) is 24.4 Å². The summed E-state index contributed by atoms with van der Waals surface area (Å²) >= 11 is 0. The highest BCUT2D eigenvalue weighted by atomic mass is 16.5. The van der Waals surface area contributed by atoms with Crippen LogP contribution in [-0.2, 0) is 6.54 Å². The molecule has 0 unspecified atom stereocenters. The van der Waals surface area contributed by atoms with E-state index >= 15 is 0 Å². The lowest BCUT2D eigenvalue weighted by Crippen LogP contribution is -2.22. The zero-order valence-corrected chi connectivity index (χ0v) is 12.1. The van der Waals surface area contributed by atoms with Crippen LogP contribution in [0.1, 0.15) is 29.3 Å². The Morgan fingerprint density at radius 3 is 2.67 bits per heavy atom. The Hall–Kier alpha value is -2.49. The quantitative estimate of drug-likeness (QED) is 0.801. The van der Waals surface area contributed by atoms with Crippen LogP contribution >= 0.6 is 0 Å². The molecule has 0 atom stereocenters. The molecule has 0 bridgehead atoms. The zero-order valence-electron chi connectivity index (χ0n) is 12.1. The van der Waals surface area contributed by atoms with Gasteiger partial charge in [0.25, 0.3) is 5.91 Å². The van der Waals surface area contributed by atoms with Crippen LogP contribution in [0.15, 0.2) is 48.5 Å².